The zero-order valence-electron chi connectivity index (χ0n) is 18.1. The minimum Gasteiger partial charge on any atom is -0.489 e. The molecule has 0 radical (unpaired) electrons. The van der Waals surface area contributed by atoms with Crippen LogP contribution in [0.25, 0.3) is 0 Å². The highest BCUT2D eigenvalue weighted by Crippen LogP contribution is 2.13. The average Bonchev–Trinajstić information content (AvgIpc) is 3.06. The van der Waals surface area contributed by atoms with Gasteiger partial charge in [0.25, 0.3) is 0 Å². The molecule has 0 saturated heterocycles. The Labute approximate surface area is 178 Å². The van der Waals surface area contributed by atoms with Crippen LogP contribution in [0.2, 0.25) is 0 Å². The summed E-state index contributed by atoms with van der Waals surface area (Å²) in [5.41, 5.74) is 2.33. The van der Waals surface area contributed by atoms with E-state index in [9.17, 15) is 0 Å². The van der Waals surface area contributed by atoms with Gasteiger partial charge in [-0.15, -0.1) is 10.2 Å². The van der Waals surface area contributed by atoms with Crippen molar-refractivity contribution in [1.29, 1.82) is 0 Å². The number of aryl methyl sites for hydroxylation is 2. The van der Waals surface area contributed by atoms with Crippen LogP contribution in [0.4, 0.5) is 0 Å². The Morgan fingerprint density at radius 2 is 1.87 bits per heavy atom. The van der Waals surface area contributed by atoms with Crippen LogP contribution in [0.5, 0.6) is 5.75 Å². The Balaban J connectivity index is 1.61. The third kappa shape index (κ3) is 6.34. The molecule has 1 atom stereocenters. The molecule has 158 valence electrons. The predicted octanol–water partition coefficient (Wildman–Crippen LogP) is 3.13. The van der Waals surface area contributed by atoms with E-state index in [4.69, 9.17) is 9.73 Å². The smallest absolute Gasteiger partial charge is 0.192 e. The lowest BCUT2D eigenvalue weighted by atomic mass is 10.2. The Bertz CT molecular complexity index is 967. The summed E-state index contributed by atoms with van der Waals surface area (Å²) in [4.78, 5) is 4.72. The maximum atomic E-state index is 6.02. The number of aliphatic imine (C=N–C) groups is 1. The van der Waals surface area contributed by atoms with E-state index < -0.39 is 0 Å². The predicted molar refractivity (Wildman–Crippen MR) is 119 cm³/mol. The van der Waals surface area contributed by atoms with Crippen LogP contribution in [-0.4, -0.2) is 33.4 Å². The fourth-order valence-electron chi connectivity index (χ4n) is 2.90. The molecule has 3 rings (SSSR count). The van der Waals surface area contributed by atoms with Gasteiger partial charge in [0.15, 0.2) is 11.8 Å². The molecule has 7 heteroatoms. The number of nitrogens with one attached hydrogen (secondary N) is 2. The number of aromatic nitrogens is 3. The van der Waals surface area contributed by atoms with Crippen molar-refractivity contribution >= 4 is 5.96 Å². The highest BCUT2D eigenvalue weighted by atomic mass is 16.5. The Kier molecular flexibility index (Phi) is 7.43. The Morgan fingerprint density at radius 3 is 2.57 bits per heavy atom. The molecule has 30 heavy (non-hydrogen) atoms. The minimum atomic E-state index is -0.0207. The summed E-state index contributed by atoms with van der Waals surface area (Å²) >= 11 is 0. The van der Waals surface area contributed by atoms with Gasteiger partial charge in [0, 0.05) is 7.05 Å². The van der Waals surface area contributed by atoms with Gasteiger partial charge in [-0.2, -0.15) is 0 Å². The van der Waals surface area contributed by atoms with E-state index >= 15 is 0 Å². The summed E-state index contributed by atoms with van der Waals surface area (Å²) in [5, 5.41) is 15.0. The quantitative estimate of drug-likeness (QED) is 0.444. The number of guanidine groups is 1. The van der Waals surface area contributed by atoms with Gasteiger partial charge >= 0.3 is 0 Å². The first-order valence-electron chi connectivity index (χ1n) is 10.2. The molecule has 0 aliphatic carbocycles. The van der Waals surface area contributed by atoms with Crippen molar-refractivity contribution in [3.8, 4) is 5.75 Å². The van der Waals surface area contributed by atoms with Crippen molar-refractivity contribution in [2.45, 2.75) is 40.0 Å². The van der Waals surface area contributed by atoms with Crippen LogP contribution in [0.3, 0.4) is 0 Å². The molecular formula is C23H30N6O. The lowest BCUT2D eigenvalue weighted by Crippen LogP contribution is -2.42. The van der Waals surface area contributed by atoms with E-state index in [0.29, 0.717) is 25.6 Å². The molecule has 1 unspecified atom stereocenters. The number of hydrogen-bond donors (Lipinski definition) is 2. The first-order chi connectivity index (χ1) is 14.5. The van der Waals surface area contributed by atoms with Gasteiger partial charge in [-0.1, -0.05) is 42.5 Å². The summed E-state index contributed by atoms with van der Waals surface area (Å²) in [6.07, 6.45) is -0.0207. The third-order valence-electron chi connectivity index (χ3n) is 4.74. The van der Waals surface area contributed by atoms with E-state index in [-0.39, 0.29) is 6.10 Å². The molecule has 0 aliphatic heterocycles. The maximum Gasteiger partial charge on any atom is 0.192 e. The Hall–Kier alpha value is -3.35. The van der Waals surface area contributed by atoms with Crippen molar-refractivity contribution in [3.05, 3.63) is 77.4 Å². The van der Waals surface area contributed by atoms with Gasteiger partial charge < -0.3 is 19.9 Å². The van der Waals surface area contributed by atoms with Crippen molar-refractivity contribution in [3.63, 3.8) is 0 Å². The summed E-state index contributed by atoms with van der Waals surface area (Å²) in [7, 11) is 1.96. The molecule has 0 bridgehead atoms. The lowest BCUT2D eigenvalue weighted by molar-refractivity contribution is 0.223. The molecule has 7 nitrogen and oxygen atoms in total. The van der Waals surface area contributed by atoms with Crippen molar-refractivity contribution in [2.24, 2.45) is 12.0 Å². The van der Waals surface area contributed by atoms with Gasteiger partial charge in [-0.05, 0) is 44.0 Å². The van der Waals surface area contributed by atoms with Gasteiger partial charge in [-0.25, -0.2) is 4.99 Å². The number of rotatable bonds is 8. The van der Waals surface area contributed by atoms with E-state index in [2.05, 4.69) is 46.0 Å². The summed E-state index contributed by atoms with van der Waals surface area (Å²) in [5.74, 6) is 3.31. The van der Waals surface area contributed by atoms with Crippen LogP contribution in [0.1, 0.15) is 29.7 Å². The van der Waals surface area contributed by atoms with Crippen LogP contribution in [0.15, 0.2) is 59.6 Å². The number of nitrogens with zero attached hydrogens (tertiary/aromatic N) is 4. The maximum absolute atomic E-state index is 6.02. The van der Waals surface area contributed by atoms with E-state index in [1.165, 1.54) is 5.56 Å². The molecule has 2 N–H and O–H groups in total. The standard InChI is InChI=1S/C23H30N6O/c1-17-9-8-12-21(13-17)30-18(2)14-24-23(25-15-20-10-6-5-7-11-20)26-16-22-28-27-19(3)29(22)4/h5-13,18H,14-16H2,1-4H3,(H2,24,25,26). The molecule has 1 aromatic heterocycles. The fraction of sp³-hybridized carbons (Fsp3) is 0.348. The van der Waals surface area contributed by atoms with Gasteiger partial charge in [0.2, 0.25) is 0 Å². The molecule has 0 aliphatic rings. The average molecular weight is 407 g/mol. The molecule has 0 amide bonds. The van der Waals surface area contributed by atoms with E-state index in [1.54, 1.807) is 0 Å². The Morgan fingerprint density at radius 1 is 1.07 bits per heavy atom. The number of benzene rings is 2. The van der Waals surface area contributed by atoms with Gasteiger partial charge in [0.05, 0.1) is 19.6 Å². The second-order valence-electron chi connectivity index (χ2n) is 7.35. The summed E-state index contributed by atoms with van der Waals surface area (Å²) < 4.78 is 7.99. The zero-order chi connectivity index (χ0) is 21.3. The largest absolute Gasteiger partial charge is 0.489 e. The third-order valence-corrected chi connectivity index (χ3v) is 4.74. The molecule has 0 spiro atoms. The highest BCUT2D eigenvalue weighted by Gasteiger charge is 2.09. The van der Waals surface area contributed by atoms with Gasteiger partial charge in [0.1, 0.15) is 17.7 Å². The zero-order valence-corrected chi connectivity index (χ0v) is 18.1. The van der Waals surface area contributed by atoms with Crippen molar-refractivity contribution < 1.29 is 4.74 Å². The summed E-state index contributed by atoms with van der Waals surface area (Å²) in [6, 6.07) is 18.2. The van der Waals surface area contributed by atoms with Crippen LogP contribution in [0, 0.1) is 13.8 Å². The topological polar surface area (TPSA) is 76.4 Å². The normalized spacial score (nSPS) is 12.5. The monoisotopic (exact) mass is 406 g/mol. The number of ether oxygens (including phenoxy) is 1. The lowest BCUT2D eigenvalue weighted by Gasteiger charge is -2.18. The fourth-order valence-corrected chi connectivity index (χ4v) is 2.90. The highest BCUT2D eigenvalue weighted by molar-refractivity contribution is 5.79. The van der Waals surface area contributed by atoms with Crippen molar-refractivity contribution in [2.75, 3.05) is 6.54 Å². The second kappa shape index (κ2) is 10.4. The molecular weight excluding hydrogens is 376 g/mol. The molecule has 0 fully saturated rings. The summed E-state index contributed by atoms with van der Waals surface area (Å²) in [6.45, 7) is 7.76. The van der Waals surface area contributed by atoms with E-state index in [0.717, 1.165) is 23.0 Å². The second-order valence-corrected chi connectivity index (χ2v) is 7.35. The minimum absolute atomic E-state index is 0.0207. The van der Waals surface area contributed by atoms with Crippen LogP contribution < -0.4 is 15.4 Å². The first kappa shape index (κ1) is 21.4. The van der Waals surface area contributed by atoms with Crippen molar-refractivity contribution in [1.82, 2.24) is 25.4 Å². The van der Waals surface area contributed by atoms with Crippen LogP contribution >= 0.6 is 0 Å². The molecule has 3 aromatic rings. The first-order valence-corrected chi connectivity index (χ1v) is 10.2. The SMILES string of the molecule is Cc1cccc(OC(C)CNC(=NCc2ccccc2)NCc2nnc(C)n2C)c1. The number of hydrogen-bond acceptors (Lipinski definition) is 4. The molecule has 1 heterocycles. The van der Waals surface area contributed by atoms with E-state index in [1.807, 2.05) is 61.9 Å². The van der Waals surface area contributed by atoms with Crippen LogP contribution in [-0.2, 0) is 20.1 Å². The molecule has 0 saturated carbocycles. The van der Waals surface area contributed by atoms with Gasteiger partial charge in [-0.3, -0.25) is 0 Å². The molecule has 2 aromatic carbocycles.